The molecule has 18 heavy (non-hydrogen) atoms. The third-order valence-corrected chi connectivity index (χ3v) is 2.85. The molecule has 0 N–H and O–H groups in total. The molecule has 0 aliphatic carbocycles. The van der Waals surface area contributed by atoms with Gasteiger partial charge in [-0.25, -0.2) is 4.79 Å². The predicted octanol–water partition coefficient (Wildman–Crippen LogP) is 2.29. The summed E-state index contributed by atoms with van der Waals surface area (Å²) in [6.07, 6.45) is 1.26. The predicted molar refractivity (Wildman–Crippen MR) is 69.5 cm³/mol. The molecule has 1 aliphatic heterocycles. The van der Waals surface area contributed by atoms with Crippen LogP contribution in [-0.4, -0.2) is 60.9 Å². The van der Waals surface area contributed by atoms with Crippen LogP contribution in [0.3, 0.4) is 0 Å². The third-order valence-electron chi connectivity index (χ3n) is 2.85. The van der Waals surface area contributed by atoms with Crippen molar-refractivity contribution in [1.82, 2.24) is 9.80 Å². The zero-order valence-electron chi connectivity index (χ0n) is 11.7. The molecule has 0 bridgehead atoms. The fourth-order valence-electron chi connectivity index (χ4n) is 1.99. The Morgan fingerprint density at radius 2 is 1.94 bits per heavy atom. The van der Waals surface area contributed by atoms with Crippen LogP contribution in [0.25, 0.3) is 0 Å². The van der Waals surface area contributed by atoms with Gasteiger partial charge in [0.1, 0.15) is 5.60 Å². The lowest BCUT2D eigenvalue weighted by Crippen LogP contribution is -2.39. The van der Waals surface area contributed by atoms with Gasteiger partial charge in [0.25, 0.3) is 0 Å². The van der Waals surface area contributed by atoms with Gasteiger partial charge >= 0.3 is 6.09 Å². The molecule has 4 nitrogen and oxygen atoms in total. The van der Waals surface area contributed by atoms with Crippen molar-refractivity contribution in [3.63, 3.8) is 0 Å². The number of hydrogen-bond donors (Lipinski definition) is 0. The first kappa shape index (κ1) is 15.2. The third kappa shape index (κ3) is 5.67. The average molecular weight is 260 g/mol. The molecule has 1 saturated heterocycles. The fraction of sp³-hybridized carbons (Fsp3) is 0.923. The minimum atomic E-state index is -0.447. The van der Waals surface area contributed by atoms with Crippen LogP contribution in [0.15, 0.2) is 0 Å². The van der Waals surface area contributed by atoms with Crippen LogP contribution in [0.5, 0.6) is 0 Å². The van der Waals surface area contributed by atoms with Gasteiger partial charge in [0, 0.05) is 26.2 Å². The number of carbonyl (C=O) groups excluding carboxylic acids is 1. The summed E-state index contributed by atoms with van der Waals surface area (Å²) in [5.41, 5.74) is -0.447. The van der Waals surface area contributed by atoms with Crippen LogP contribution < -0.4 is 0 Å². The molecule has 0 aromatic rings. The molecule has 0 radical (unpaired) electrons. The highest BCUT2D eigenvalue weighted by molar-refractivity contribution is 5.68. The normalized spacial score (nSPS) is 18.6. The monoisotopic (exact) mass is 260 g/mol. The van der Waals surface area contributed by atoms with Gasteiger partial charge in [-0.1, -0.05) is 0 Å². The van der Waals surface area contributed by atoms with Crippen LogP contribution in [-0.2, 0) is 4.74 Å². The van der Waals surface area contributed by atoms with Crippen LogP contribution in [0.4, 0.5) is 9.18 Å². The quantitative estimate of drug-likeness (QED) is 0.780. The van der Waals surface area contributed by atoms with Crippen LogP contribution in [0.1, 0.15) is 33.6 Å². The number of carbonyl (C=O) groups is 1. The van der Waals surface area contributed by atoms with Gasteiger partial charge in [0.05, 0.1) is 6.67 Å². The molecule has 0 spiro atoms. The van der Waals surface area contributed by atoms with Crippen molar-refractivity contribution in [2.75, 3.05) is 39.4 Å². The zero-order chi connectivity index (χ0) is 13.6. The van der Waals surface area contributed by atoms with E-state index < -0.39 is 5.60 Å². The minimum absolute atomic E-state index is 0.241. The second-order valence-electron chi connectivity index (χ2n) is 5.71. The first-order valence-corrected chi connectivity index (χ1v) is 6.68. The SMILES string of the molecule is CC(C)(C)OC(=O)N1CCCN(CCCF)CC1. The lowest BCUT2D eigenvalue weighted by molar-refractivity contribution is 0.0257. The van der Waals surface area contributed by atoms with Crippen LogP contribution >= 0.6 is 0 Å². The van der Waals surface area contributed by atoms with Gasteiger partial charge in [-0.05, 0) is 40.2 Å². The Kier molecular flexibility index (Phi) is 5.85. The number of alkyl halides is 1. The number of hydrogen-bond acceptors (Lipinski definition) is 3. The lowest BCUT2D eigenvalue weighted by atomic mass is 10.2. The summed E-state index contributed by atoms with van der Waals surface area (Å²) in [4.78, 5) is 15.9. The second-order valence-corrected chi connectivity index (χ2v) is 5.71. The van der Waals surface area contributed by atoms with E-state index in [9.17, 15) is 9.18 Å². The maximum Gasteiger partial charge on any atom is 0.410 e. The number of ether oxygens (including phenoxy) is 1. The van der Waals surface area contributed by atoms with Gasteiger partial charge in [-0.3, -0.25) is 4.39 Å². The van der Waals surface area contributed by atoms with Crippen molar-refractivity contribution in [2.45, 2.75) is 39.2 Å². The number of nitrogens with zero attached hydrogens (tertiary/aromatic N) is 2. The molecule has 0 aromatic carbocycles. The van der Waals surface area contributed by atoms with E-state index in [0.29, 0.717) is 13.0 Å². The molecule has 0 saturated carbocycles. The highest BCUT2D eigenvalue weighted by atomic mass is 19.1. The molecule has 0 aromatic heterocycles. The molecule has 5 heteroatoms. The molecule has 1 aliphatic rings. The summed E-state index contributed by atoms with van der Waals surface area (Å²) in [6.45, 7) is 9.24. The molecule has 1 heterocycles. The maximum absolute atomic E-state index is 12.1. The summed E-state index contributed by atoms with van der Waals surface area (Å²) in [5, 5.41) is 0. The molecule has 1 fully saturated rings. The Morgan fingerprint density at radius 1 is 1.22 bits per heavy atom. The van der Waals surface area contributed by atoms with E-state index in [1.807, 2.05) is 20.8 Å². The molecular weight excluding hydrogens is 235 g/mol. The summed E-state index contributed by atoms with van der Waals surface area (Å²) < 4.78 is 17.5. The Hall–Kier alpha value is -0.840. The number of amides is 1. The summed E-state index contributed by atoms with van der Waals surface area (Å²) in [6, 6.07) is 0. The molecule has 0 atom stereocenters. The standard InChI is InChI=1S/C13H25FN2O2/c1-13(2,3)18-12(17)16-9-5-8-15(10-11-16)7-4-6-14/h4-11H2,1-3H3. The van der Waals surface area contributed by atoms with Gasteiger partial charge in [0.15, 0.2) is 0 Å². The molecule has 106 valence electrons. The van der Waals surface area contributed by atoms with E-state index in [1.165, 1.54) is 0 Å². The smallest absolute Gasteiger partial charge is 0.410 e. The minimum Gasteiger partial charge on any atom is -0.444 e. The van der Waals surface area contributed by atoms with Gasteiger partial charge in [-0.2, -0.15) is 0 Å². The average Bonchev–Trinajstić information content (AvgIpc) is 2.49. The van der Waals surface area contributed by atoms with E-state index >= 15 is 0 Å². The van der Waals surface area contributed by atoms with Crippen molar-refractivity contribution < 1.29 is 13.9 Å². The Morgan fingerprint density at radius 3 is 2.56 bits per heavy atom. The fourth-order valence-corrected chi connectivity index (χ4v) is 1.99. The van der Waals surface area contributed by atoms with E-state index in [2.05, 4.69) is 4.90 Å². The zero-order valence-corrected chi connectivity index (χ0v) is 11.7. The lowest BCUT2D eigenvalue weighted by Gasteiger charge is -2.26. The first-order valence-electron chi connectivity index (χ1n) is 6.68. The largest absolute Gasteiger partial charge is 0.444 e. The van der Waals surface area contributed by atoms with Crippen molar-refractivity contribution in [3.8, 4) is 0 Å². The highest BCUT2D eigenvalue weighted by Gasteiger charge is 2.24. The Labute approximate surface area is 109 Å². The number of rotatable bonds is 3. The molecule has 0 unspecified atom stereocenters. The highest BCUT2D eigenvalue weighted by Crippen LogP contribution is 2.12. The Bertz CT molecular complexity index is 266. The van der Waals surface area contributed by atoms with E-state index in [1.54, 1.807) is 4.90 Å². The van der Waals surface area contributed by atoms with E-state index in [0.717, 1.165) is 32.6 Å². The molecular formula is C13H25FN2O2. The first-order chi connectivity index (χ1) is 8.42. The van der Waals surface area contributed by atoms with Crippen molar-refractivity contribution in [1.29, 1.82) is 0 Å². The van der Waals surface area contributed by atoms with Crippen molar-refractivity contribution in [3.05, 3.63) is 0 Å². The molecule has 1 rings (SSSR count). The van der Waals surface area contributed by atoms with Crippen molar-refractivity contribution in [2.24, 2.45) is 0 Å². The summed E-state index contributed by atoms with van der Waals surface area (Å²) in [5.74, 6) is 0. The van der Waals surface area contributed by atoms with E-state index in [4.69, 9.17) is 4.74 Å². The topological polar surface area (TPSA) is 32.8 Å². The van der Waals surface area contributed by atoms with Crippen molar-refractivity contribution >= 4 is 6.09 Å². The molecule has 1 amide bonds. The van der Waals surface area contributed by atoms with Gasteiger partial charge in [0.2, 0.25) is 0 Å². The van der Waals surface area contributed by atoms with Gasteiger partial charge in [-0.15, -0.1) is 0 Å². The summed E-state index contributed by atoms with van der Waals surface area (Å²) >= 11 is 0. The maximum atomic E-state index is 12.1. The van der Waals surface area contributed by atoms with Crippen LogP contribution in [0, 0.1) is 0 Å². The Balaban J connectivity index is 2.39. The second kappa shape index (κ2) is 6.92. The van der Waals surface area contributed by atoms with Crippen LogP contribution in [0.2, 0.25) is 0 Å². The van der Waals surface area contributed by atoms with E-state index in [-0.39, 0.29) is 12.8 Å². The number of halogens is 1. The van der Waals surface area contributed by atoms with Gasteiger partial charge < -0.3 is 14.5 Å². The summed E-state index contributed by atoms with van der Waals surface area (Å²) in [7, 11) is 0.